The number of hydrogen-bond donors (Lipinski definition) is 0. The maximum absolute atomic E-state index is 2.91. The Morgan fingerprint density at radius 3 is 1.78 bits per heavy atom. The molecule has 8 aliphatic carbocycles. The zero-order valence-electron chi connectivity index (χ0n) is 44.3. The molecule has 0 atom stereocenters. The van der Waals surface area contributed by atoms with Gasteiger partial charge < -0.3 is 9.38 Å². The molecule has 4 heterocycles. The molecule has 2 aromatic heterocycles. The predicted molar refractivity (Wildman–Crippen MR) is 322 cm³/mol. The van der Waals surface area contributed by atoms with Gasteiger partial charge >= 0.3 is 6.85 Å². The van der Waals surface area contributed by atoms with Crippen LogP contribution in [0.25, 0.3) is 76.0 Å². The molecule has 20 rings (SSSR count). The second-order valence-corrected chi connectivity index (χ2v) is 28.4. The van der Waals surface area contributed by atoms with E-state index in [-0.39, 0.29) is 17.7 Å². The van der Waals surface area contributed by atoms with Crippen LogP contribution < -0.4 is 15.1 Å². The topological polar surface area (TPSA) is 8.17 Å². The second kappa shape index (κ2) is 15.2. The Hall–Kier alpha value is -6.36. The van der Waals surface area contributed by atoms with Crippen LogP contribution in [0, 0.1) is 35.5 Å². The third kappa shape index (κ3) is 6.01. The Balaban J connectivity index is 0.987. The van der Waals surface area contributed by atoms with Gasteiger partial charge in [-0.05, 0) is 239 Å². The van der Waals surface area contributed by atoms with E-state index in [1.54, 1.807) is 11.1 Å². The fourth-order valence-electron chi connectivity index (χ4n) is 19.4. The first-order valence-corrected chi connectivity index (χ1v) is 30.2. The van der Waals surface area contributed by atoms with Gasteiger partial charge in [0.2, 0.25) is 0 Å². The maximum atomic E-state index is 2.91. The first-order chi connectivity index (χ1) is 37.1. The number of nitrogens with zero attached hydrogens (tertiary/aromatic N) is 2. The molecule has 10 aliphatic rings. The van der Waals surface area contributed by atoms with Crippen molar-refractivity contribution in [3.05, 3.63) is 174 Å². The van der Waals surface area contributed by atoms with Gasteiger partial charge in [0.1, 0.15) is 0 Å². The minimum atomic E-state index is -0.0214. The van der Waals surface area contributed by atoms with E-state index in [9.17, 15) is 0 Å². The molecular formula is C72H65BN2S. The zero-order valence-corrected chi connectivity index (χ0v) is 45.2. The summed E-state index contributed by atoms with van der Waals surface area (Å²) in [6.45, 7) is 7.08. The molecule has 76 heavy (non-hydrogen) atoms. The molecule has 0 amide bonds. The maximum Gasteiger partial charge on any atom is 0.343 e. The van der Waals surface area contributed by atoms with Crippen molar-refractivity contribution >= 4 is 88.2 Å². The quantitative estimate of drug-likeness (QED) is 0.156. The molecule has 0 spiro atoms. The van der Waals surface area contributed by atoms with E-state index in [0.29, 0.717) is 5.41 Å². The summed E-state index contributed by atoms with van der Waals surface area (Å²) in [7, 11) is 0. The zero-order chi connectivity index (χ0) is 50.0. The molecule has 10 aromatic rings. The van der Waals surface area contributed by atoms with Gasteiger partial charge in [0.25, 0.3) is 0 Å². The fourth-order valence-corrected chi connectivity index (χ4v) is 20.7. The lowest BCUT2D eigenvalue weighted by Gasteiger charge is -2.57. The number of rotatable bonds is 5. The third-order valence-corrected chi connectivity index (χ3v) is 23.0. The number of benzene rings is 8. The van der Waals surface area contributed by atoms with Gasteiger partial charge in [-0.1, -0.05) is 124 Å². The van der Waals surface area contributed by atoms with Crippen molar-refractivity contribution in [1.29, 1.82) is 0 Å². The van der Waals surface area contributed by atoms with Crippen LogP contribution in [0.3, 0.4) is 0 Å². The Bertz CT molecular complexity index is 4060. The third-order valence-electron chi connectivity index (χ3n) is 21.8. The lowest BCUT2D eigenvalue weighted by atomic mass is 9.47. The molecule has 8 saturated carbocycles. The van der Waals surface area contributed by atoms with E-state index in [4.69, 9.17) is 0 Å². The Morgan fingerprint density at radius 1 is 0.487 bits per heavy atom. The van der Waals surface area contributed by atoms with Crippen molar-refractivity contribution < 1.29 is 0 Å². The summed E-state index contributed by atoms with van der Waals surface area (Å²) < 4.78 is 5.72. The van der Waals surface area contributed by atoms with Crippen LogP contribution in [0.15, 0.2) is 158 Å². The second-order valence-electron chi connectivity index (χ2n) is 27.3. The average molecular weight is 1000 g/mol. The van der Waals surface area contributed by atoms with Crippen LogP contribution in [0.1, 0.15) is 115 Å². The van der Waals surface area contributed by atoms with Crippen molar-refractivity contribution in [3.63, 3.8) is 0 Å². The standard InChI is InChI=1S/C72H65BN2S/c1-70(2,3)52-19-21-61(56(32-52)49-14-8-5-9-15-49)74-63-31-51(48-12-6-4-7-13-48)30-58-60-35-54(72-39-45-27-46(40-72)29-47(28-45)41-72)34-59-57-33-53(71-36-42-24-43(37-71)26-44(25-42)38-71)20-22-62(57)75(67(59)60)73(66(58)63)69-68(74)65-55-17-11-10-16-50(55)18-23-64(65)76-69/h4-23,30-35,42-47H,24-29,36-41H2,1-3H3. The minimum Gasteiger partial charge on any atom is -0.375 e. The van der Waals surface area contributed by atoms with E-state index in [0.717, 1.165) is 35.5 Å². The smallest absolute Gasteiger partial charge is 0.343 e. The van der Waals surface area contributed by atoms with Crippen molar-refractivity contribution in [2.45, 2.75) is 114 Å². The average Bonchev–Trinajstić information content (AvgIpc) is 4.12. The summed E-state index contributed by atoms with van der Waals surface area (Å²) in [5.41, 5.74) is 21.4. The van der Waals surface area contributed by atoms with Crippen molar-refractivity contribution in [1.82, 2.24) is 4.48 Å². The molecule has 0 unspecified atom stereocenters. The molecular weight excluding hydrogens is 936 g/mol. The summed E-state index contributed by atoms with van der Waals surface area (Å²) >= 11 is 2.05. The fraction of sp³-hybridized carbons (Fsp3) is 0.333. The molecule has 4 heteroatoms. The Morgan fingerprint density at radius 2 is 1.11 bits per heavy atom. The number of aromatic nitrogens is 1. The lowest BCUT2D eigenvalue weighted by molar-refractivity contribution is -0.00527. The van der Waals surface area contributed by atoms with Gasteiger partial charge in [-0.3, -0.25) is 0 Å². The summed E-state index contributed by atoms with van der Waals surface area (Å²) in [4.78, 5) is 2.78. The van der Waals surface area contributed by atoms with Crippen molar-refractivity contribution in [2.24, 2.45) is 35.5 Å². The van der Waals surface area contributed by atoms with E-state index in [2.05, 4.69) is 199 Å². The lowest BCUT2D eigenvalue weighted by Crippen LogP contribution is -2.55. The molecule has 8 aromatic carbocycles. The molecule has 0 saturated heterocycles. The van der Waals surface area contributed by atoms with Gasteiger partial charge in [0.05, 0.1) is 11.4 Å². The van der Waals surface area contributed by atoms with Gasteiger partial charge in [-0.2, -0.15) is 0 Å². The van der Waals surface area contributed by atoms with Crippen LogP contribution >= 0.6 is 11.3 Å². The monoisotopic (exact) mass is 1000 g/mol. The number of hydrogen-bond acceptors (Lipinski definition) is 2. The van der Waals surface area contributed by atoms with Crippen LogP contribution in [0.4, 0.5) is 17.1 Å². The predicted octanol–water partition coefficient (Wildman–Crippen LogP) is 18.1. The molecule has 372 valence electrons. The van der Waals surface area contributed by atoms with E-state index in [1.165, 1.54) is 186 Å². The van der Waals surface area contributed by atoms with Gasteiger partial charge in [0.15, 0.2) is 0 Å². The molecule has 2 nitrogen and oxygen atoms in total. The van der Waals surface area contributed by atoms with Crippen LogP contribution in [0.2, 0.25) is 0 Å². The highest BCUT2D eigenvalue weighted by Crippen LogP contribution is 2.64. The van der Waals surface area contributed by atoms with Crippen molar-refractivity contribution in [2.75, 3.05) is 4.90 Å². The largest absolute Gasteiger partial charge is 0.375 e. The SMILES string of the molecule is CC(C)(C)c1ccc(N2c3cc(-c4ccccc4)cc4c3B(c3sc5ccc6ccccc6c5c32)n2c3ccc(C56CC7CC(CC(C7)C5)C6)cc3c3cc(C56CC7CC(CC(C7)C5)C6)cc-4c32)c(-c2ccccc2)c1. The van der Waals surface area contributed by atoms with Crippen LogP contribution in [-0.4, -0.2) is 11.3 Å². The minimum absolute atomic E-state index is 0.00504. The summed E-state index contributed by atoms with van der Waals surface area (Å²) in [5.74, 6) is 5.35. The van der Waals surface area contributed by atoms with Crippen LogP contribution in [-0.2, 0) is 16.2 Å². The highest BCUT2D eigenvalue weighted by molar-refractivity contribution is 7.32. The van der Waals surface area contributed by atoms with Gasteiger partial charge in [-0.25, -0.2) is 0 Å². The Kier molecular flexibility index (Phi) is 8.76. The van der Waals surface area contributed by atoms with Gasteiger partial charge in [0, 0.05) is 53.5 Å². The van der Waals surface area contributed by atoms with Gasteiger partial charge in [-0.15, -0.1) is 11.3 Å². The molecule has 0 N–H and O–H groups in total. The number of anilines is 3. The Labute approximate surface area is 452 Å². The summed E-state index contributed by atoms with van der Waals surface area (Å²) in [6.07, 6.45) is 17.1. The first-order valence-electron chi connectivity index (χ1n) is 29.4. The van der Waals surface area contributed by atoms with E-state index in [1.807, 2.05) is 0 Å². The number of fused-ring (bicyclic) bond motifs is 11. The summed E-state index contributed by atoms with van der Waals surface area (Å²) in [5, 5.41) is 7.02. The highest BCUT2D eigenvalue weighted by Gasteiger charge is 2.54. The normalized spacial score (nSPS) is 27.4. The molecule has 0 radical (unpaired) electrons. The van der Waals surface area contributed by atoms with Crippen molar-refractivity contribution in [3.8, 4) is 33.4 Å². The summed E-state index contributed by atoms with van der Waals surface area (Å²) in [6, 6.07) is 63.1. The first kappa shape index (κ1) is 43.7. The number of thiophene rings is 1. The molecule has 8 fully saturated rings. The van der Waals surface area contributed by atoms with E-state index >= 15 is 0 Å². The van der Waals surface area contributed by atoms with Crippen LogP contribution in [0.5, 0.6) is 0 Å². The molecule has 8 bridgehead atoms. The molecule has 2 aliphatic heterocycles. The van der Waals surface area contributed by atoms with E-state index < -0.39 is 0 Å². The highest BCUT2D eigenvalue weighted by atomic mass is 32.1.